The SMILES string of the molecule is C=C(C)CCN1CCCCC1C(=O)OCC. The fraction of sp³-hybridized carbons (Fsp3) is 0.769. The predicted octanol–water partition coefficient (Wildman–Crippen LogP) is 2.37. The van der Waals surface area contributed by atoms with Crippen LogP contribution in [0.5, 0.6) is 0 Å². The maximum absolute atomic E-state index is 11.8. The molecule has 3 heteroatoms. The highest BCUT2D eigenvalue weighted by atomic mass is 16.5. The molecule has 1 rings (SSSR count). The highest BCUT2D eigenvalue weighted by Gasteiger charge is 2.29. The van der Waals surface area contributed by atoms with Gasteiger partial charge >= 0.3 is 5.97 Å². The van der Waals surface area contributed by atoms with Gasteiger partial charge in [0, 0.05) is 6.54 Å². The Morgan fingerprint density at radius 2 is 2.25 bits per heavy atom. The molecule has 0 spiro atoms. The van der Waals surface area contributed by atoms with Crippen molar-refractivity contribution >= 4 is 5.97 Å². The Morgan fingerprint density at radius 1 is 1.50 bits per heavy atom. The third kappa shape index (κ3) is 3.97. The molecule has 0 bridgehead atoms. The Bertz CT molecular complexity index is 250. The van der Waals surface area contributed by atoms with Crippen LogP contribution in [-0.4, -0.2) is 36.6 Å². The molecule has 16 heavy (non-hydrogen) atoms. The summed E-state index contributed by atoms with van der Waals surface area (Å²) < 4.78 is 5.12. The van der Waals surface area contributed by atoms with Crippen LogP contribution >= 0.6 is 0 Å². The average molecular weight is 225 g/mol. The summed E-state index contributed by atoms with van der Waals surface area (Å²) in [5, 5.41) is 0. The molecule has 0 aliphatic carbocycles. The van der Waals surface area contributed by atoms with E-state index in [1.54, 1.807) is 0 Å². The summed E-state index contributed by atoms with van der Waals surface area (Å²) in [6, 6.07) is -0.0203. The molecule has 0 aromatic rings. The standard InChI is InChI=1S/C13H23NO2/c1-4-16-13(15)12-7-5-6-9-14(12)10-8-11(2)3/h12H,2,4-10H2,1,3H3. The molecule has 1 aliphatic rings. The van der Waals surface area contributed by atoms with E-state index in [4.69, 9.17) is 4.74 Å². The van der Waals surface area contributed by atoms with Gasteiger partial charge in [0.2, 0.25) is 0 Å². The quantitative estimate of drug-likeness (QED) is 0.531. The molecule has 0 aromatic heterocycles. The molecule has 1 atom stereocenters. The summed E-state index contributed by atoms with van der Waals surface area (Å²) in [7, 11) is 0. The van der Waals surface area contributed by atoms with E-state index in [1.807, 2.05) is 13.8 Å². The number of likely N-dealkylation sites (tertiary alicyclic amines) is 1. The summed E-state index contributed by atoms with van der Waals surface area (Å²) in [6.07, 6.45) is 4.23. The second-order valence-corrected chi connectivity index (χ2v) is 4.51. The Labute approximate surface area is 98.5 Å². The van der Waals surface area contributed by atoms with Crippen molar-refractivity contribution in [2.75, 3.05) is 19.7 Å². The second kappa shape index (κ2) is 6.69. The monoisotopic (exact) mass is 225 g/mol. The minimum absolute atomic E-state index is 0.0203. The van der Waals surface area contributed by atoms with Gasteiger partial charge in [-0.05, 0) is 39.7 Å². The first-order valence-corrected chi connectivity index (χ1v) is 6.20. The topological polar surface area (TPSA) is 29.5 Å². The largest absolute Gasteiger partial charge is 0.465 e. The minimum atomic E-state index is -0.0519. The van der Waals surface area contributed by atoms with Crippen LogP contribution in [0, 0.1) is 0 Å². The van der Waals surface area contributed by atoms with Crippen molar-refractivity contribution in [3.8, 4) is 0 Å². The van der Waals surface area contributed by atoms with Crippen molar-refractivity contribution in [3.63, 3.8) is 0 Å². The minimum Gasteiger partial charge on any atom is -0.465 e. The first-order chi connectivity index (χ1) is 7.65. The number of piperidine rings is 1. The van der Waals surface area contributed by atoms with Crippen LogP contribution in [0.25, 0.3) is 0 Å². The number of hydrogen-bond acceptors (Lipinski definition) is 3. The van der Waals surface area contributed by atoms with Crippen molar-refractivity contribution in [1.82, 2.24) is 4.90 Å². The zero-order chi connectivity index (χ0) is 12.0. The van der Waals surface area contributed by atoms with E-state index in [2.05, 4.69) is 11.5 Å². The predicted molar refractivity (Wildman–Crippen MR) is 65.3 cm³/mol. The van der Waals surface area contributed by atoms with Gasteiger partial charge in [-0.25, -0.2) is 0 Å². The molecule has 92 valence electrons. The van der Waals surface area contributed by atoms with Gasteiger partial charge < -0.3 is 4.74 Å². The normalized spacial score (nSPS) is 21.8. The molecule has 3 nitrogen and oxygen atoms in total. The summed E-state index contributed by atoms with van der Waals surface area (Å²) in [4.78, 5) is 14.0. The van der Waals surface area contributed by atoms with Gasteiger partial charge in [-0.3, -0.25) is 9.69 Å². The molecule has 0 saturated carbocycles. The Kier molecular flexibility index (Phi) is 5.53. The fourth-order valence-corrected chi connectivity index (χ4v) is 2.10. The first-order valence-electron chi connectivity index (χ1n) is 6.20. The van der Waals surface area contributed by atoms with Crippen LogP contribution < -0.4 is 0 Å². The van der Waals surface area contributed by atoms with Crippen molar-refractivity contribution in [1.29, 1.82) is 0 Å². The van der Waals surface area contributed by atoms with E-state index in [0.29, 0.717) is 6.61 Å². The van der Waals surface area contributed by atoms with E-state index in [1.165, 1.54) is 12.0 Å². The maximum Gasteiger partial charge on any atom is 0.323 e. The summed E-state index contributed by atoms with van der Waals surface area (Å²) in [6.45, 7) is 10.2. The molecule has 0 radical (unpaired) electrons. The number of esters is 1. The fourth-order valence-electron chi connectivity index (χ4n) is 2.10. The number of carbonyl (C=O) groups is 1. The number of carbonyl (C=O) groups excluding carboxylic acids is 1. The Morgan fingerprint density at radius 3 is 2.88 bits per heavy atom. The zero-order valence-corrected chi connectivity index (χ0v) is 10.5. The highest BCUT2D eigenvalue weighted by molar-refractivity contribution is 5.75. The molecule has 1 fully saturated rings. The van der Waals surface area contributed by atoms with Gasteiger partial charge in [-0.15, -0.1) is 6.58 Å². The van der Waals surface area contributed by atoms with E-state index >= 15 is 0 Å². The van der Waals surface area contributed by atoms with Gasteiger partial charge in [0.1, 0.15) is 6.04 Å². The maximum atomic E-state index is 11.8. The van der Waals surface area contributed by atoms with E-state index in [-0.39, 0.29) is 12.0 Å². The third-order valence-corrected chi connectivity index (χ3v) is 3.00. The lowest BCUT2D eigenvalue weighted by atomic mass is 10.0. The summed E-state index contributed by atoms with van der Waals surface area (Å²) in [5.74, 6) is -0.0519. The Hall–Kier alpha value is -0.830. The number of hydrogen-bond donors (Lipinski definition) is 0. The second-order valence-electron chi connectivity index (χ2n) is 4.51. The van der Waals surface area contributed by atoms with Crippen LogP contribution in [0.1, 0.15) is 39.5 Å². The molecule has 0 amide bonds. The van der Waals surface area contributed by atoms with Crippen molar-refractivity contribution in [2.45, 2.75) is 45.6 Å². The molecule has 1 saturated heterocycles. The molecule has 1 unspecified atom stereocenters. The van der Waals surface area contributed by atoms with E-state index < -0.39 is 0 Å². The van der Waals surface area contributed by atoms with Gasteiger partial charge in [-0.2, -0.15) is 0 Å². The van der Waals surface area contributed by atoms with Crippen LogP contribution in [0.3, 0.4) is 0 Å². The summed E-state index contributed by atoms with van der Waals surface area (Å²) >= 11 is 0. The van der Waals surface area contributed by atoms with E-state index in [0.717, 1.165) is 32.4 Å². The lowest BCUT2D eigenvalue weighted by molar-refractivity contribution is -0.150. The van der Waals surface area contributed by atoms with Crippen molar-refractivity contribution < 1.29 is 9.53 Å². The van der Waals surface area contributed by atoms with Gasteiger partial charge in [0.05, 0.1) is 6.61 Å². The van der Waals surface area contributed by atoms with Crippen LogP contribution in [-0.2, 0) is 9.53 Å². The van der Waals surface area contributed by atoms with Gasteiger partial charge in [0.15, 0.2) is 0 Å². The average Bonchev–Trinajstić information content (AvgIpc) is 2.27. The molecule has 0 aromatic carbocycles. The van der Waals surface area contributed by atoms with Crippen LogP contribution in [0.4, 0.5) is 0 Å². The first kappa shape index (κ1) is 13.2. The number of rotatable bonds is 5. The van der Waals surface area contributed by atoms with Gasteiger partial charge in [-0.1, -0.05) is 12.0 Å². The van der Waals surface area contributed by atoms with Crippen molar-refractivity contribution in [3.05, 3.63) is 12.2 Å². The number of nitrogens with zero attached hydrogens (tertiary/aromatic N) is 1. The molecule has 1 heterocycles. The van der Waals surface area contributed by atoms with Crippen LogP contribution in [0.2, 0.25) is 0 Å². The highest BCUT2D eigenvalue weighted by Crippen LogP contribution is 2.19. The van der Waals surface area contributed by atoms with Crippen LogP contribution in [0.15, 0.2) is 12.2 Å². The molecular formula is C13H23NO2. The lowest BCUT2D eigenvalue weighted by Gasteiger charge is -2.33. The van der Waals surface area contributed by atoms with Gasteiger partial charge in [0.25, 0.3) is 0 Å². The van der Waals surface area contributed by atoms with Crippen molar-refractivity contribution in [2.24, 2.45) is 0 Å². The lowest BCUT2D eigenvalue weighted by Crippen LogP contribution is -2.45. The third-order valence-electron chi connectivity index (χ3n) is 3.00. The smallest absolute Gasteiger partial charge is 0.323 e. The molecular weight excluding hydrogens is 202 g/mol. The number of ether oxygens (including phenoxy) is 1. The Balaban J connectivity index is 2.49. The zero-order valence-electron chi connectivity index (χ0n) is 10.5. The molecule has 0 N–H and O–H groups in total. The van der Waals surface area contributed by atoms with E-state index in [9.17, 15) is 4.79 Å². The summed E-state index contributed by atoms with van der Waals surface area (Å²) in [5.41, 5.74) is 1.17. The molecule has 1 aliphatic heterocycles.